The molecule has 0 aromatic heterocycles. The topological polar surface area (TPSA) is 43.8 Å². The fraction of sp³-hybridized carbons (Fsp3) is 0.588. The Morgan fingerprint density at radius 2 is 1.95 bits per heavy atom. The van der Waals surface area contributed by atoms with Crippen molar-refractivity contribution >= 4 is 11.7 Å². The van der Waals surface area contributed by atoms with E-state index in [1.54, 1.807) is 0 Å². The van der Waals surface area contributed by atoms with Crippen LogP contribution in [0.25, 0.3) is 0 Å². The number of hydrogen-bond donors (Lipinski definition) is 1. The molecule has 3 rings (SSSR count). The molecule has 4 heteroatoms. The van der Waals surface area contributed by atoms with E-state index >= 15 is 0 Å². The lowest BCUT2D eigenvalue weighted by Gasteiger charge is -2.40. The number of hydrogen-bond acceptors (Lipinski definition) is 3. The normalized spacial score (nSPS) is 27.0. The molecule has 1 heterocycles. The third-order valence-corrected chi connectivity index (χ3v) is 4.95. The van der Waals surface area contributed by atoms with Crippen LogP contribution >= 0.6 is 0 Å². The van der Waals surface area contributed by atoms with Crippen molar-refractivity contribution in [1.82, 2.24) is 4.90 Å². The van der Waals surface area contributed by atoms with Crippen LogP contribution in [0.3, 0.4) is 0 Å². The first-order chi connectivity index (χ1) is 10.1. The maximum Gasteiger partial charge on any atom is 0.308 e. The van der Waals surface area contributed by atoms with E-state index in [1.165, 1.54) is 11.3 Å². The summed E-state index contributed by atoms with van der Waals surface area (Å²) in [7, 11) is 0. The predicted octanol–water partition coefficient (Wildman–Crippen LogP) is 2.37. The van der Waals surface area contributed by atoms with Gasteiger partial charge < -0.3 is 10.0 Å². The Labute approximate surface area is 126 Å². The first-order valence-electron chi connectivity index (χ1n) is 7.93. The van der Waals surface area contributed by atoms with Crippen molar-refractivity contribution in [3.05, 3.63) is 29.8 Å². The number of benzene rings is 1. The molecule has 1 aromatic rings. The number of aliphatic carboxylic acids is 1. The monoisotopic (exact) mass is 288 g/mol. The summed E-state index contributed by atoms with van der Waals surface area (Å²) in [6, 6.07) is 8.87. The van der Waals surface area contributed by atoms with Crippen molar-refractivity contribution in [3.63, 3.8) is 0 Å². The lowest BCUT2D eigenvalue weighted by atomic mass is 10.0. The Kier molecular flexibility index (Phi) is 4.15. The maximum atomic E-state index is 11.3. The Morgan fingerprint density at radius 1 is 1.19 bits per heavy atom. The van der Waals surface area contributed by atoms with Crippen molar-refractivity contribution in [2.45, 2.75) is 32.2 Å². The van der Waals surface area contributed by atoms with E-state index in [4.69, 9.17) is 0 Å². The molecule has 1 N–H and O–H groups in total. The van der Waals surface area contributed by atoms with E-state index in [9.17, 15) is 9.90 Å². The Morgan fingerprint density at radius 3 is 2.62 bits per heavy atom. The summed E-state index contributed by atoms with van der Waals surface area (Å²) in [4.78, 5) is 16.2. The average Bonchev–Trinajstić information content (AvgIpc) is 2.97. The van der Waals surface area contributed by atoms with Crippen LogP contribution in [0.1, 0.15) is 24.8 Å². The van der Waals surface area contributed by atoms with E-state index in [0.29, 0.717) is 0 Å². The number of carboxylic acid groups (broad SMARTS) is 1. The molecule has 2 unspecified atom stereocenters. The molecule has 0 spiro atoms. The summed E-state index contributed by atoms with van der Waals surface area (Å²) in [6.07, 6.45) is 2.94. The standard InChI is InChI=1S/C17H24N2O2/c1-13-4-2-5-14(12-13)18-8-10-19(11-9-18)16-7-3-6-15(16)17(20)21/h2,4-5,12,15-16H,3,6-11H2,1H3,(H,20,21). The fourth-order valence-corrected chi connectivity index (χ4v) is 3.80. The summed E-state index contributed by atoms with van der Waals surface area (Å²) in [5.74, 6) is -0.769. The lowest BCUT2D eigenvalue weighted by molar-refractivity contribution is -0.143. The number of rotatable bonds is 3. The van der Waals surface area contributed by atoms with Gasteiger partial charge in [0, 0.05) is 37.9 Å². The van der Waals surface area contributed by atoms with Crippen LogP contribution in [0.5, 0.6) is 0 Å². The van der Waals surface area contributed by atoms with Crippen molar-refractivity contribution in [3.8, 4) is 0 Å². The van der Waals surface area contributed by atoms with Crippen LogP contribution in [0.4, 0.5) is 5.69 Å². The third kappa shape index (κ3) is 3.05. The number of nitrogens with zero attached hydrogens (tertiary/aromatic N) is 2. The minimum Gasteiger partial charge on any atom is -0.481 e. The molecule has 1 saturated heterocycles. The largest absolute Gasteiger partial charge is 0.481 e. The van der Waals surface area contributed by atoms with Gasteiger partial charge in [-0.15, -0.1) is 0 Å². The Balaban J connectivity index is 1.61. The molecule has 0 amide bonds. The highest BCUT2D eigenvalue weighted by Crippen LogP contribution is 2.31. The molecule has 2 fully saturated rings. The summed E-state index contributed by atoms with van der Waals surface area (Å²) < 4.78 is 0. The summed E-state index contributed by atoms with van der Waals surface area (Å²) >= 11 is 0. The van der Waals surface area contributed by atoms with Gasteiger partial charge in [0.15, 0.2) is 0 Å². The second-order valence-electron chi connectivity index (χ2n) is 6.31. The molecule has 2 atom stereocenters. The van der Waals surface area contributed by atoms with Crippen LogP contribution in [0, 0.1) is 12.8 Å². The predicted molar refractivity (Wildman–Crippen MR) is 83.7 cm³/mol. The zero-order valence-corrected chi connectivity index (χ0v) is 12.7. The van der Waals surface area contributed by atoms with Crippen LogP contribution in [0.2, 0.25) is 0 Å². The molecule has 1 aliphatic heterocycles. The van der Waals surface area contributed by atoms with Gasteiger partial charge in [0.1, 0.15) is 0 Å². The number of carboxylic acids is 1. The minimum absolute atomic E-state index is 0.157. The average molecular weight is 288 g/mol. The second-order valence-corrected chi connectivity index (χ2v) is 6.31. The summed E-state index contributed by atoms with van der Waals surface area (Å²) in [5, 5.41) is 9.34. The van der Waals surface area contributed by atoms with Crippen LogP contribution in [0.15, 0.2) is 24.3 Å². The third-order valence-electron chi connectivity index (χ3n) is 4.95. The van der Waals surface area contributed by atoms with Crippen LogP contribution in [-0.2, 0) is 4.79 Å². The quantitative estimate of drug-likeness (QED) is 0.927. The Bertz CT molecular complexity index is 509. The van der Waals surface area contributed by atoms with E-state index in [1.807, 2.05) is 0 Å². The molecule has 0 radical (unpaired) electrons. The zero-order chi connectivity index (χ0) is 14.8. The van der Waals surface area contributed by atoms with Gasteiger partial charge in [-0.3, -0.25) is 9.69 Å². The highest BCUT2D eigenvalue weighted by atomic mass is 16.4. The van der Waals surface area contributed by atoms with Gasteiger partial charge in [-0.1, -0.05) is 18.6 Å². The van der Waals surface area contributed by atoms with E-state index in [2.05, 4.69) is 41.0 Å². The molecular formula is C17H24N2O2. The Hall–Kier alpha value is -1.55. The smallest absolute Gasteiger partial charge is 0.308 e. The molecule has 1 saturated carbocycles. The van der Waals surface area contributed by atoms with Crippen molar-refractivity contribution in [2.75, 3.05) is 31.1 Å². The molecule has 114 valence electrons. The maximum absolute atomic E-state index is 11.3. The van der Waals surface area contributed by atoms with Gasteiger partial charge in [-0.25, -0.2) is 0 Å². The molecule has 21 heavy (non-hydrogen) atoms. The van der Waals surface area contributed by atoms with Gasteiger partial charge >= 0.3 is 5.97 Å². The first kappa shape index (κ1) is 14.4. The van der Waals surface area contributed by atoms with Gasteiger partial charge in [0.25, 0.3) is 0 Å². The SMILES string of the molecule is Cc1cccc(N2CCN(C3CCCC3C(=O)O)CC2)c1. The highest BCUT2D eigenvalue weighted by Gasteiger charge is 2.37. The lowest BCUT2D eigenvalue weighted by Crippen LogP contribution is -2.52. The van der Waals surface area contributed by atoms with Gasteiger partial charge in [-0.05, 0) is 37.5 Å². The minimum atomic E-state index is -0.612. The van der Waals surface area contributed by atoms with Gasteiger partial charge in [0.05, 0.1) is 5.92 Å². The summed E-state index contributed by atoms with van der Waals surface area (Å²) in [6.45, 7) is 6.05. The van der Waals surface area contributed by atoms with Gasteiger partial charge in [0.2, 0.25) is 0 Å². The number of piperazine rings is 1. The van der Waals surface area contributed by atoms with E-state index < -0.39 is 5.97 Å². The van der Waals surface area contributed by atoms with Crippen LogP contribution < -0.4 is 4.90 Å². The van der Waals surface area contributed by atoms with E-state index in [0.717, 1.165) is 45.4 Å². The molecule has 4 nitrogen and oxygen atoms in total. The number of anilines is 1. The number of carbonyl (C=O) groups is 1. The van der Waals surface area contributed by atoms with Crippen molar-refractivity contribution in [2.24, 2.45) is 5.92 Å². The number of aryl methyl sites for hydroxylation is 1. The highest BCUT2D eigenvalue weighted by molar-refractivity contribution is 5.71. The second kappa shape index (κ2) is 6.06. The fourth-order valence-electron chi connectivity index (χ4n) is 3.80. The molecule has 1 aromatic carbocycles. The van der Waals surface area contributed by atoms with Crippen LogP contribution in [-0.4, -0.2) is 48.2 Å². The first-order valence-corrected chi connectivity index (χ1v) is 7.93. The van der Waals surface area contributed by atoms with E-state index in [-0.39, 0.29) is 12.0 Å². The summed E-state index contributed by atoms with van der Waals surface area (Å²) in [5.41, 5.74) is 2.58. The van der Waals surface area contributed by atoms with Gasteiger partial charge in [-0.2, -0.15) is 0 Å². The molecular weight excluding hydrogens is 264 g/mol. The molecule has 2 aliphatic rings. The molecule has 0 bridgehead atoms. The van der Waals surface area contributed by atoms with Crippen molar-refractivity contribution in [1.29, 1.82) is 0 Å². The van der Waals surface area contributed by atoms with Crippen molar-refractivity contribution < 1.29 is 9.90 Å². The molecule has 1 aliphatic carbocycles. The zero-order valence-electron chi connectivity index (χ0n) is 12.7.